The summed E-state index contributed by atoms with van der Waals surface area (Å²) in [6, 6.07) is 1.68. The van der Waals surface area contributed by atoms with Crippen molar-refractivity contribution >= 4 is 12.4 Å². The highest BCUT2D eigenvalue weighted by atomic mass is 35.5. The van der Waals surface area contributed by atoms with Crippen molar-refractivity contribution in [3.05, 3.63) is 29.3 Å². The first kappa shape index (κ1) is 16.1. The summed E-state index contributed by atoms with van der Waals surface area (Å²) in [5, 5.41) is 0. The molecule has 0 aliphatic heterocycles. The van der Waals surface area contributed by atoms with Gasteiger partial charge in [0.2, 0.25) is 0 Å². The third-order valence-electron chi connectivity index (χ3n) is 2.38. The van der Waals surface area contributed by atoms with Crippen LogP contribution in [0.3, 0.4) is 0 Å². The molecule has 0 saturated heterocycles. The first-order chi connectivity index (χ1) is 7.45. The Kier molecular flexibility index (Phi) is 6.42. The summed E-state index contributed by atoms with van der Waals surface area (Å²) in [6.07, 6.45) is 0.542. The highest BCUT2D eigenvalue weighted by Crippen LogP contribution is 2.27. The molecule has 1 atom stereocenters. The fourth-order valence-corrected chi connectivity index (χ4v) is 1.66. The van der Waals surface area contributed by atoms with Gasteiger partial charge in [0.05, 0.1) is 7.11 Å². The van der Waals surface area contributed by atoms with Crippen LogP contribution in [0.1, 0.15) is 31.9 Å². The topological polar surface area (TPSA) is 35.2 Å². The fourth-order valence-electron chi connectivity index (χ4n) is 1.66. The van der Waals surface area contributed by atoms with E-state index in [0.29, 0.717) is 6.42 Å². The quantitative estimate of drug-likeness (QED) is 0.905. The Morgan fingerprint density at radius 3 is 2.06 bits per heavy atom. The minimum absolute atomic E-state index is 0. The van der Waals surface area contributed by atoms with E-state index in [0.717, 1.165) is 12.1 Å². The van der Waals surface area contributed by atoms with Crippen LogP contribution in [0, 0.1) is 17.6 Å². The normalized spacial score (nSPS) is 12.2. The molecule has 0 amide bonds. The molecule has 0 unspecified atom stereocenters. The fraction of sp³-hybridized carbons (Fsp3) is 0.500. The van der Waals surface area contributed by atoms with Gasteiger partial charge in [0, 0.05) is 23.7 Å². The molecular formula is C12H18ClF2NO. The van der Waals surface area contributed by atoms with Gasteiger partial charge in [0.15, 0.2) is 0 Å². The third-order valence-corrected chi connectivity index (χ3v) is 2.38. The Morgan fingerprint density at radius 2 is 1.71 bits per heavy atom. The van der Waals surface area contributed by atoms with Gasteiger partial charge in [-0.3, -0.25) is 0 Å². The number of halogens is 3. The lowest BCUT2D eigenvalue weighted by Gasteiger charge is -2.16. The van der Waals surface area contributed by atoms with E-state index in [1.165, 1.54) is 7.11 Å². The Hall–Kier alpha value is -0.870. The van der Waals surface area contributed by atoms with Gasteiger partial charge in [0.25, 0.3) is 0 Å². The van der Waals surface area contributed by atoms with Crippen LogP contribution in [0.5, 0.6) is 5.75 Å². The monoisotopic (exact) mass is 265 g/mol. The van der Waals surface area contributed by atoms with E-state index >= 15 is 0 Å². The molecule has 98 valence electrons. The van der Waals surface area contributed by atoms with Gasteiger partial charge < -0.3 is 10.5 Å². The van der Waals surface area contributed by atoms with E-state index in [1.807, 2.05) is 13.8 Å². The SMILES string of the molecule is COc1cc(F)c([C@H](N)CC(C)C)c(F)c1.Cl. The number of ether oxygens (including phenoxy) is 1. The van der Waals surface area contributed by atoms with E-state index in [-0.39, 0.29) is 29.6 Å². The Labute approximate surface area is 107 Å². The molecule has 0 aliphatic rings. The molecule has 0 radical (unpaired) electrons. The number of hydrogen-bond acceptors (Lipinski definition) is 2. The molecule has 0 fully saturated rings. The summed E-state index contributed by atoms with van der Waals surface area (Å²) >= 11 is 0. The summed E-state index contributed by atoms with van der Waals surface area (Å²) in [6.45, 7) is 3.92. The van der Waals surface area contributed by atoms with Gasteiger partial charge >= 0.3 is 0 Å². The summed E-state index contributed by atoms with van der Waals surface area (Å²) in [5.74, 6) is -0.846. The second-order valence-electron chi connectivity index (χ2n) is 4.24. The molecule has 2 N–H and O–H groups in total. The zero-order valence-corrected chi connectivity index (χ0v) is 11.0. The van der Waals surface area contributed by atoms with E-state index in [4.69, 9.17) is 10.5 Å². The molecule has 5 heteroatoms. The molecular weight excluding hydrogens is 248 g/mol. The highest BCUT2D eigenvalue weighted by molar-refractivity contribution is 5.85. The summed E-state index contributed by atoms with van der Waals surface area (Å²) in [5.41, 5.74) is 5.71. The van der Waals surface area contributed by atoms with Crippen LogP contribution in [0.15, 0.2) is 12.1 Å². The summed E-state index contributed by atoms with van der Waals surface area (Å²) < 4.78 is 32.0. The third kappa shape index (κ3) is 4.13. The number of nitrogens with two attached hydrogens (primary N) is 1. The number of methoxy groups -OCH3 is 1. The van der Waals surface area contributed by atoms with E-state index in [2.05, 4.69) is 0 Å². The molecule has 1 rings (SSSR count). The van der Waals surface area contributed by atoms with Crippen molar-refractivity contribution in [2.45, 2.75) is 26.3 Å². The lowest BCUT2D eigenvalue weighted by atomic mass is 9.97. The van der Waals surface area contributed by atoms with Crippen LogP contribution < -0.4 is 10.5 Å². The van der Waals surface area contributed by atoms with Gasteiger partial charge in [0.1, 0.15) is 17.4 Å². The predicted octanol–water partition coefficient (Wildman–Crippen LogP) is 3.44. The standard InChI is InChI=1S/C12H17F2NO.ClH/c1-7(2)4-11(15)12-9(13)5-8(16-3)6-10(12)14;/h5-7,11H,4,15H2,1-3H3;1H/t11-;/m1./s1. The predicted molar refractivity (Wildman–Crippen MR) is 66.5 cm³/mol. The molecule has 0 heterocycles. The first-order valence-corrected chi connectivity index (χ1v) is 5.24. The molecule has 0 bridgehead atoms. The van der Waals surface area contributed by atoms with Crippen LogP contribution in [0.4, 0.5) is 8.78 Å². The first-order valence-electron chi connectivity index (χ1n) is 5.24. The largest absolute Gasteiger partial charge is 0.497 e. The number of hydrogen-bond donors (Lipinski definition) is 1. The van der Waals surface area contributed by atoms with E-state index in [9.17, 15) is 8.78 Å². The van der Waals surface area contributed by atoms with Crippen LogP contribution in [-0.4, -0.2) is 7.11 Å². The van der Waals surface area contributed by atoms with E-state index in [1.54, 1.807) is 0 Å². The van der Waals surface area contributed by atoms with Crippen molar-refractivity contribution in [2.75, 3.05) is 7.11 Å². The second-order valence-corrected chi connectivity index (χ2v) is 4.24. The molecule has 17 heavy (non-hydrogen) atoms. The maximum Gasteiger partial charge on any atom is 0.134 e. The van der Waals surface area contributed by atoms with Crippen LogP contribution in [-0.2, 0) is 0 Å². The minimum Gasteiger partial charge on any atom is -0.497 e. The van der Waals surface area contributed by atoms with Gasteiger partial charge in [-0.2, -0.15) is 0 Å². The van der Waals surface area contributed by atoms with Gasteiger partial charge in [-0.25, -0.2) is 8.78 Å². The van der Waals surface area contributed by atoms with Crippen LogP contribution in [0.25, 0.3) is 0 Å². The second kappa shape index (κ2) is 6.77. The average Bonchev–Trinajstić information content (AvgIpc) is 2.15. The minimum atomic E-state index is -0.648. The molecule has 0 saturated carbocycles. The van der Waals surface area contributed by atoms with E-state index < -0.39 is 17.7 Å². The smallest absolute Gasteiger partial charge is 0.134 e. The van der Waals surface area contributed by atoms with Crippen molar-refractivity contribution < 1.29 is 13.5 Å². The average molecular weight is 266 g/mol. The van der Waals surface area contributed by atoms with Crippen molar-refractivity contribution in [3.63, 3.8) is 0 Å². The lowest BCUT2D eigenvalue weighted by molar-refractivity contribution is 0.401. The van der Waals surface area contributed by atoms with Crippen molar-refractivity contribution in [3.8, 4) is 5.75 Å². The molecule has 0 aliphatic carbocycles. The zero-order chi connectivity index (χ0) is 12.3. The Morgan fingerprint density at radius 1 is 1.24 bits per heavy atom. The molecule has 0 aromatic heterocycles. The zero-order valence-electron chi connectivity index (χ0n) is 10.2. The number of rotatable bonds is 4. The van der Waals surface area contributed by atoms with Crippen LogP contribution >= 0.6 is 12.4 Å². The summed E-state index contributed by atoms with van der Waals surface area (Å²) in [4.78, 5) is 0. The molecule has 2 nitrogen and oxygen atoms in total. The van der Waals surface area contributed by atoms with Gasteiger partial charge in [-0.05, 0) is 12.3 Å². The Bertz CT molecular complexity index is 349. The highest BCUT2D eigenvalue weighted by Gasteiger charge is 2.19. The lowest BCUT2D eigenvalue weighted by Crippen LogP contribution is -2.16. The van der Waals surface area contributed by atoms with Crippen molar-refractivity contribution in [2.24, 2.45) is 11.7 Å². The molecule has 1 aromatic rings. The molecule has 1 aromatic carbocycles. The van der Waals surface area contributed by atoms with Gasteiger partial charge in [-0.1, -0.05) is 13.8 Å². The van der Waals surface area contributed by atoms with Crippen molar-refractivity contribution in [1.82, 2.24) is 0 Å². The van der Waals surface area contributed by atoms with Crippen molar-refractivity contribution in [1.29, 1.82) is 0 Å². The maximum absolute atomic E-state index is 13.6. The number of benzene rings is 1. The Balaban J connectivity index is 0.00000256. The maximum atomic E-state index is 13.6. The molecule has 0 spiro atoms. The summed E-state index contributed by atoms with van der Waals surface area (Å²) in [7, 11) is 1.36. The van der Waals surface area contributed by atoms with Gasteiger partial charge in [-0.15, -0.1) is 12.4 Å². The van der Waals surface area contributed by atoms with Crippen LogP contribution in [0.2, 0.25) is 0 Å².